The number of phenolic OH excluding ortho intramolecular Hbond substituents is 1. The number of piperidine rings is 4. The number of carbonyl (C=O) groups is 3. The highest BCUT2D eigenvalue weighted by molar-refractivity contribution is 6.01. The Hall–Kier alpha value is -5.36. The number of imide groups is 1. The highest BCUT2D eigenvalue weighted by atomic mass is 16.3. The van der Waals surface area contributed by atoms with Crippen LogP contribution in [0.2, 0.25) is 0 Å². The van der Waals surface area contributed by atoms with Crippen LogP contribution in [0.5, 0.6) is 5.75 Å². The number of nitrogens with zero attached hydrogens (tertiary/aromatic N) is 6. The Morgan fingerprint density at radius 3 is 2.31 bits per heavy atom. The molecule has 9 rings (SSSR count). The molecule has 0 radical (unpaired) electrons. The number of anilines is 2. The standard InChI is InChI=1S/C46H54N8O4/c55-40-7-2-1-6-38(40)39-28-36(30-48-51-39)53-26-20-46(21-27-53,41-8-3-4-22-47-41)44(58)49-34-17-25-54(45(29-34)18-5-19-45)31-32-15-23-52(24-16-32)35-11-9-33(10-12-35)37-13-14-42(56)50-43(37)57/h1-4,6-12,22,28,30,32,34,37,55H,5,13-21,23-27,29,31H2,(H,49,58)(H,50,56,57)/t34?,37-/m1/s1. The number of amides is 3. The molecule has 6 heterocycles. The summed E-state index contributed by atoms with van der Waals surface area (Å²) in [6, 6.07) is 23.6. The van der Waals surface area contributed by atoms with Gasteiger partial charge in [-0.3, -0.25) is 29.6 Å². The van der Waals surface area contributed by atoms with Crippen molar-refractivity contribution in [2.45, 2.75) is 93.5 Å². The number of hydrogen-bond donors (Lipinski definition) is 3. The van der Waals surface area contributed by atoms with Crippen LogP contribution in [0.25, 0.3) is 11.3 Å². The SMILES string of the molecule is O=C1CC[C@H](c2ccc(N3CCC(CN4CCC(NC(=O)C5(c6ccccn6)CCN(c6cnnc(-c7ccccc7O)c6)CC5)CC45CCC5)CC3)cc2)C(=O)N1. The van der Waals surface area contributed by atoms with Gasteiger partial charge in [0.15, 0.2) is 0 Å². The maximum absolute atomic E-state index is 14.6. The fraction of sp³-hybridized carbons (Fsp3) is 0.478. The normalized spacial score (nSPS) is 23.6. The summed E-state index contributed by atoms with van der Waals surface area (Å²) in [6.45, 7) is 5.50. The van der Waals surface area contributed by atoms with Gasteiger partial charge in [-0.1, -0.05) is 30.3 Å². The second-order valence-electron chi connectivity index (χ2n) is 17.3. The summed E-state index contributed by atoms with van der Waals surface area (Å²) in [5.74, 6) is 0.290. The van der Waals surface area contributed by atoms with Crippen LogP contribution in [0.3, 0.4) is 0 Å². The number of phenols is 1. The van der Waals surface area contributed by atoms with Crippen molar-refractivity contribution in [3.63, 3.8) is 0 Å². The zero-order valence-electron chi connectivity index (χ0n) is 33.2. The lowest BCUT2D eigenvalue weighted by Gasteiger charge is -2.56. The molecule has 1 aliphatic carbocycles. The first-order valence-electron chi connectivity index (χ1n) is 21.3. The molecule has 4 saturated heterocycles. The van der Waals surface area contributed by atoms with Gasteiger partial charge in [0, 0.05) is 74.7 Å². The lowest BCUT2D eigenvalue weighted by atomic mass is 9.68. The van der Waals surface area contributed by atoms with Gasteiger partial charge < -0.3 is 20.2 Å². The van der Waals surface area contributed by atoms with Crippen LogP contribution in [0, 0.1) is 5.92 Å². The van der Waals surface area contributed by atoms with Crippen LogP contribution < -0.4 is 20.4 Å². The van der Waals surface area contributed by atoms with Crippen LogP contribution in [-0.4, -0.2) is 93.8 Å². The van der Waals surface area contributed by atoms with Crippen molar-refractivity contribution >= 4 is 29.1 Å². The number of nitrogens with one attached hydrogen (secondary N) is 2. The molecule has 1 unspecified atom stereocenters. The first kappa shape index (κ1) is 38.2. The molecule has 5 aliphatic rings. The molecule has 3 N–H and O–H groups in total. The highest BCUT2D eigenvalue weighted by Gasteiger charge is 2.50. The van der Waals surface area contributed by atoms with E-state index in [9.17, 15) is 19.5 Å². The molecule has 12 heteroatoms. The van der Waals surface area contributed by atoms with Crippen LogP contribution in [0.4, 0.5) is 11.4 Å². The Bertz CT molecular complexity index is 2110. The molecule has 2 aromatic heterocycles. The molecule has 2 atom stereocenters. The van der Waals surface area contributed by atoms with Crippen LogP contribution in [0.1, 0.15) is 87.8 Å². The van der Waals surface area contributed by atoms with Gasteiger partial charge in [0.05, 0.1) is 34.6 Å². The van der Waals surface area contributed by atoms with E-state index >= 15 is 0 Å². The van der Waals surface area contributed by atoms with Gasteiger partial charge in [-0.25, -0.2) is 0 Å². The van der Waals surface area contributed by atoms with Crippen molar-refractivity contribution < 1.29 is 19.5 Å². The summed E-state index contributed by atoms with van der Waals surface area (Å²) < 4.78 is 0. The zero-order chi connectivity index (χ0) is 39.7. The number of pyridine rings is 1. The molecule has 12 nitrogen and oxygen atoms in total. The van der Waals surface area contributed by atoms with Gasteiger partial charge in [-0.2, -0.15) is 10.2 Å². The summed E-state index contributed by atoms with van der Waals surface area (Å²) >= 11 is 0. The van der Waals surface area contributed by atoms with Crippen molar-refractivity contribution in [3.8, 4) is 17.0 Å². The number of aromatic nitrogens is 3. The summed E-state index contributed by atoms with van der Waals surface area (Å²) in [7, 11) is 0. The first-order chi connectivity index (χ1) is 28.3. The fourth-order valence-electron chi connectivity index (χ4n) is 10.4. The summed E-state index contributed by atoms with van der Waals surface area (Å²) in [5.41, 5.74) is 4.64. The second-order valence-corrected chi connectivity index (χ2v) is 17.3. The summed E-state index contributed by atoms with van der Waals surface area (Å²) in [4.78, 5) is 50.9. The average molecular weight is 783 g/mol. The third kappa shape index (κ3) is 7.54. The van der Waals surface area contributed by atoms with Crippen molar-refractivity contribution in [1.29, 1.82) is 0 Å². The van der Waals surface area contributed by atoms with Gasteiger partial charge in [0.25, 0.3) is 0 Å². The quantitative estimate of drug-likeness (QED) is 0.181. The van der Waals surface area contributed by atoms with Gasteiger partial charge in [-0.05, 0) is 118 Å². The Kier molecular flexibility index (Phi) is 10.6. The predicted octanol–water partition coefficient (Wildman–Crippen LogP) is 5.72. The van der Waals surface area contributed by atoms with Crippen molar-refractivity contribution in [1.82, 2.24) is 30.7 Å². The number of carbonyl (C=O) groups excluding carboxylic acids is 3. The van der Waals surface area contributed by atoms with E-state index < -0.39 is 5.41 Å². The van der Waals surface area contributed by atoms with Crippen molar-refractivity contribution in [3.05, 3.63) is 96.4 Å². The minimum Gasteiger partial charge on any atom is -0.507 e. The van der Waals surface area contributed by atoms with E-state index in [1.807, 2.05) is 36.4 Å². The maximum Gasteiger partial charge on any atom is 0.234 e. The third-order valence-corrected chi connectivity index (χ3v) is 14.0. The smallest absolute Gasteiger partial charge is 0.234 e. The molecule has 4 aliphatic heterocycles. The van der Waals surface area contributed by atoms with Crippen LogP contribution >= 0.6 is 0 Å². The number of para-hydroxylation sites is 1. The average Bonchev–Trinajstić information content (AvgIpc) is 3.24. The monoisotopic (exact) mass is 782 g/mol. The fourth-order valence-corrected chi connectivity index (χ4v) is 10.4. The molecule has 2 aromatic carbocycles. The molecule has 1 saturated carbocycles. The molecule has 1 spiro atoms. The molecule has 4 aromatic rings. The lowest BCUT2D eigenvalue weighted by Crippen LogP contribution is -2.64. The van der Waals surface area contributed by atoms with Crippen molar-refractivity contribution in [2.75, 3.05) is 49.1 Å². The second kappa shape index (κ2) is 16.1. The largest absolute Gasteiger partial charge is 0.507 e. The van der Waals surface area contributed by atoms with Crippen LogP contribution in [0.15, 0.2) is 85.2 Å². The Morgan fingerprint density at radius 2 is 1.60 bits per heavy atom. The van der Waals surface area contributed by atoms with Gasteiger partial charge in [0.1, 0.15) is 5.75 Å². The molecule has 5 fully saturated rings. The van der Waals surface area contributed by atoms with E-state index in [4.69, 9.17) is 4.98 Å². The molecule has 3 amide bonds. The predicted molar refractivity (Wildman–Crippen MR) is 222 cm³/mol. The molecule has 58 heavy (non-hydrogen) atoms. The van der Waals surface area contributed by atoms with Gasteiger partial charge in [0.2, 0.25) is 17.7 Å². The molecule has 0 bridgehead atoms. The summed E-state index contributed by atoms with van der Waals surface area (Å²) in [6.07, 6.45) is 13.7. The number of likely N-dealkylation sites (tertiary alicyclic amines) is 1. The van der Waals surface area contributed by atoms with E-state index in [2.05, 4.69) is 59.8 Å². The maximum atomic E-state index is 14.6. The van der Waals surface area contributed by atoms with E-state index in [-0.39, 0.29) is 41.0 Å². The van der Waals surface area contributed by atoms with E-state index in [1.54, 1.807) is 24.5 Å². The number of rotatable bonds is 9. The number of hydrogen-bond acceptors (Lipinski definition) is 10. The molecular weight excluding hydrogens is 729 g/mol. The van der Waals surface area contributed by atoms with Crippen LogP contribution in [-0.2, 0) is 19.8 Å². The highest BCUT2D eigenvalue weighted by Crippen LogP contribution is 2.46. The first-order valence-corrected chi connectivity index (χ1v) is 21.3. The molecular formula is C46H54N8O4. The minimum absolute atomic E-state index is 0.0963. The number of benzene rings is 2. The van der Waals surface area contributed by atoms with E-state index in [0.29, 0.717) is 55.9 Å². The lowest BCUT2D eigenvalue weighted by molar-refractivity contribution is -0.134. The number of aromatic hydroxyl groups is 1. The molecule has 302 valence electrons. The Morgan fingerprint density at radius 1 is 0.845 bits per heavy atom. The van der Waals surface area contributed by atoms with Gasteiger partial charge >= 0.3 is 0 Å². The minimum atomic E-state index is -0.720. The zero-order valence-corrected chi connectivity index (χ0v) is 33.2. The topological polar surface area (TPSA) is 144 Å². The van der Waals surface area contributed by atoms with Gasteiger partial charge in [-0.15, -0.1) is 0 Å². The Balaban J connectivity index is 0.809. The van der Waals surface area contributed by atoms with Crippen molar-refractivity contribution in [2.24, 2.45) is 5.92 Å². The Labute approximate surface area is 340 Å². The third-order valence-electron chi connectivity index (χ3n) is 14.0. The summed E-state index contributed by atoms with van der Waals surface area (Å²) in [5, 5.41) is 25.1. The van der Waals surface area contributed by atoms with E-state index in [0.717, 1.165) is 68.8 Å². The van der Waals surface area contributed by atoms with E-state index in [1.165, 1.54) is 24.9 Å².